The van der Waals surface area contributed by atoms with Gasteiger partial charge in [0.05, 0.1) is 0 Å². The van der Waals surface area contributed by atoms with Gasteiger partial charge in [0, 0.05) is 0 Å². The van der Waals surface area contributed by atoms with Crippen LogP contribution in [-0.2, 0) is 0 Å². The van der Waals surface area contributed by atoms with Crippen molar-refractivity contribution in [3.05, 3.63) is 0 Å². The van der Waals surface area contributed by atoms with Crippen molar-refractivity contribution in [2.75, 3.05) is 0 Å². The Kier molecular flexibility index (Phi) is 7.32. The molecule has 3 heteroatoms. The van der Waals surface area contributed by atoms with E-state index in [2.05, 4.69) is 32.3 Å². The lowest BCUT2D eigenvalue weighted by molar-refractivity contribution is 1.17. The van der Waals surface area contributed by atoms with Crippen LogP contribution in [0.25, 0.3) is 0 Å². The van der Waals surface area contributed by atoms with E-state index in [1.807, 2.05) is 0 Å². The van der Waals surface area contributed by atoms with Crippen LogP contribution in [0.1, 0.15) is 27.7 Å². The van der Waals surface area contributed by atoms with Gasteiger partial charge in [0.2, 0.25) is 0 Å². The lowest BCUT2D eigenvalue weighted by Crippen LogP contribution is -2.43. The maximum Gasteiger partial charge on any atom is 0.125 e. The molecule has 0 atom stereocenters. The summed E-state index contributed by atoms with van der Waals surface area (Å²) < 4.78 is 3.86. The zero-order valence-corrected chi connectivity index (χ0v) is 10.3. The third kappa shape index (κ3) is 4.77. The summed E-state index contributed by atoms with van der Waals surface area (Å²) in [6.45, 7) is 9.26. The van der Waals surface area contributed by atoms with Gasteiger partial charge in [-0.2, -0.15) is 0 Å². The van der Waals surface area contributed by atoms with Gasteiger partial charge in [0.1, 0.15) is 17.9 Å². The Bertz CT molecular complexity index is 70.2. The average Bonchev–Trinajstić information content (AvgIpc) is 2.07. The average molecular weight is 187 g/mol. The molecule has 0 spiro atoms. The second kappa shape index (κ2) is 7.07. The van der Waals surface area contributed by atoms with Gasteiger partial charge in [-0.15, -0.1) is 0 Å². The fraction of sp³-hybridized carbons (Fsp3) is 1.00. The number of rotatable bonds is 6. The molecule has 1 nitrogen and oxygen atoms in total. The Hall–Kier alpha value is 0.394. The fourth-order valence-corrected chi connectivity index (χ4v) is 6.93. The molecule has 2 radical (unpaired) electrons. The Labute approximate surface area is 75.0 Å². The van der Waals surface area contributed by atoms with Crippen LogP contribution in [0.15, 0.2) is 0 Å². The summed E-state index contributed by atoms with van der Waals surface area (Å²) in [6.07, 6.45) is 0. The molecule has 0 aromatic rings. The maximum absolute atomic E-state index is 3.86. The van der Waals surface area contributed by atoms with Crippen molar-refractivity contribution in [2.45, 2.75) is 51.9 Å². The zero-order valence-electron chi connectivity index (χ0n) is 8.33. The van der Waals surface area contributed by atoms with E-state index in [4.69, 9.17) is 0 Å². The van der Waals surface area contributed by atoms with Gasteiger partial charge in [0.15, 0.2) is 0 Å². The van der Waals surface area contributed by atoms with Crippen molar-refractivity contribution in [1.29, 1.82) is 0 Å². The Balaban J connectivity index is 3.58. The zero-order chi connectivity index (χ0) is 8.69. The van der Waals surface area contributed by atoms with Crippen molar-refractivity contribution >= 4 is 17.9 Å². The number of nitrogens with one attached hydrogen (secondary N) is 1. The van der Waals surface area contributed by atoms with Crippen LogP contribution in [0.4, 0.5) is 0 Å². The van der Waals surface area contributed by atoms with Gasteiger partial charge in [-0.05, 0) is 24.2 Å². The highest BCUT2D eigenvalue weighted by atomic mass is 28.3. The third-order valence-electron chi connectivity index (χ3n) is 2.06. The fourth-order valence-electron chi connectivity index (χ4n) is 1.10. The molecule has 0 rings (SSSR count). The van der Waals surface area contributed by atoms with Gasteiger partial charge in [-0.25, -0.2) is 0 Å². The molecule has 11 heavy (non-hydrogen) atoms. The quantitative estimate of drug-likeness (QED) is 0.630. The van der Waals surface area contributed by atoms with Crippen molar-refractivity contribution in [3.8, 4) is 0 Å². The summed E-state index contributed by atoms with van der Waals surface area (Å²) in [6, 6.07) is 5.54. The highest BCUT2D eigenvalue weighted by Crippen LogP contribution is 1.99. The molecule has 0 fully saturated rings. The van der Waals surface area contributed by atoms with Crippen molar-refractivity contribution in [2.24, 2.45) is 0 Å². The van der Waals surface area contributed by atoms with Gasteiger partial charge in [-0.1, -0.05) is 27.7 Å². The highest BCUT2D eigenvalue weighted by molar-refractivity contribution is 6.72. The van der Waals surface area contributed by atoms with Gasteiger partial charge >= 0.3 is 0 Å². The SMILES string of the molecule is CC[Si](CC)N[Si](CC)CC. The lowest BCUT2D eigenvalue weighted by atomic mass is 10.9. The van der Waals surface area contributed by atoms with Crippen LogP contribution in [0.3, 0.4) is 0 Å². The predicted octanol–water partition coefficient (Wildman–Crippen LogP) is 2.64. The molecular formula is C8H21NSi2. The van der Waals surface area contributed by atoms with Gasteiger partial charge < -0.3 is 4.65 Å². The van der Waals surface area contributed by atoms with Crippen LogP contribution < -0.4 is 4.65 Å². The molecule has 0 heterocycles. The van der Waals surface area contributed by atoms with Crippen molar-refractivity contribution in [3.63, 3.8) is 0 Å². The maximum atomic E-state index is 3.86. The molecule has 0 amide bonds. The molecule has 0 unspecified atom stereocenters. The molecule has 0 aliphatic rings. The monoisotopic (exact) mass is 187 g/mol. The molecule has 0 aliphatic heterocycles. The van der Waals surface area contributed by atoms with Crippen LogP contribution in [0.5, 0.6) is 0 Å². The van der Waals surface area contributed by atoms with Crippen molar-refractivity contribution in [1.82, 2.24) is 4.65 Å². The number of hydrogen-bond donors (Lipinski definition) is 1. The Morgan fingerprint density at radius 2 is 1.00 bits per heavy atom. The van der Waals surface area contributed by atoms with Crippen molar-refractivity contribution < 1.29 is 0 Å². The van der Waals surface area contributed by atoms with Crippen LogP contribution in [0, 0.1) is 0 Å². The molecule has 0 aliphatic carbocycles. The molecule has 0 bridgehead atoms. The minimum absolute atomic E-state index is 0.151. The molecule has 1 N–H and O–H groups in total. The van der Waals surface area contributed by atoms with Crippen LogP contribution in [0.2, 0.25) is 24.2 Å². The first-order valence-electron chi connectivity index (χ1n) is 4.74. The first-order valence-corrected chi connectivity index (χ1v) is 8.57. The van der Waals surface area contributed by atoms with Gasteiger partial charge in [0.25, 0.3) is 0 Å². The van der Waals surface area contributed by atoms with E-state index in [1.54, 1.807) is 0 Å². The van der Waals surface area contributed by atoms with Gasteiger partial charge in [-0.3, -0.25) is 0 Å². The third-order valence-corrected chi connectivity index (χ3v) is 8.30. The van der Waals surface area contributed by atoms with E-state index in [9.17, 15) is 0 Å². The first kappa shape index (κ1) is 11.4. The van der Waals surface area contributed by atoms with E-state index in [0.717, 1.165) is 0 Å². The summed E-state index contributed by atoms with van der Waals surface area (Å²) in [4.78, 5) is 0. The smallest absolute Gasteiger partial charge is 0.125 e. The minimum atomic E-state index is -0.151. The first-order chi connectivity index (χ1) is 5.28. The molecular weight excluding hydrogens is 166 g/mol. The van der Waals surface area contributed by atoms with E-state index >= 15 is 0 Å². The molecule has 0 aromatic carbocycles. The van der Waals surface area contributed by atoms with E-state index in [1.165, 1.54) is 24.2 Å². The normalized spacial score (nSPS) is 11.5. The largest absolute Gasteiger partial charge is 0.361 e. The summed E-state index contributed by atoms with van der Waals surface area (Å²) >= 11 is 0. The summed E-state index contributed by atoms with van der Waals surface area (Å²) in [5, 5.41) is 0. The molecule has 66 valence electrons. The topological polar surface area (TPSA) is 12.0 Å². The lowest BCUT2D eigenvalue weighted by Gasteiger charge is -2.18. The Morgan fingerprint density at radius 1 is 0.727 bits per heavy atom. The van der Waals surface area contributed by atoms with E-state index in [0.29, 0.717) is 0 Å². The standard InChI is InChI=1S/C8H21NSi2/c1-5-10(6-2)9-11(7-3)8-4/h9H,5-8H2,1-4H3. The second-order valence-corrected chi connectivity index (χ2v) is 8.99. The highest BCUT2D eigenvalue weighted by Gasteiger charge is 2.12. The molecule has 0 saturated carbocycles. The summed E-state index contributed by atoms with van der Waals surface area (Å²) in [5.74, 6) is 0. The molecule has 0 saturated heterocycles. The minimum Gasteiger partial charge on any atom is -0.361 e. The second-order valence-electron chi connectivity index (χ2n) is 2.75. The predicted molar refractivity (Wildman–Crippen MR) is 56.6 cm³/mol. The van der Waals surface area contributed by atoms with E-state index in [-0.39, 0.29) is 17.9 Å². The summed E-state index contributed by atoms with van der Waals surface area (Å²) in [7, 11) is -0.302. The van der Waals surface area contributed by atoms with Crippen LogP contribution in [-0.4, -0.2) is 17.9 Å². The van der Waals surface area contributed by atoms with Crippen LogP contribution >= 0.6 is 0 Å². The summed E-state index contributed by atoms with van der Waals surface area (Å²) in [5.41, 5.74) is 0. The Morgan fingerprint density at radius 3 is 1.18 bits per heavy atom. The number of hydrogen-bond acceptors (Lipinski definition) is 1. The van der Waals surface area contributed by atoms with E-state index < -0.39 is 0 Å². The molecule has 0 aromatic heterocycles.